The highest BCUT2D eigenvalue weighted by molar-refractivity contribution is 5.85. The zero-order valence-electron chi connectivity index (χ0n) is 9.04. The van der Waals surface area contributed by atoms with Crippen LogP contribution in [0.4, 0.5) is 0 Å². The molecule has 0 aliphatic carbocycles. The van der Waals surface area contributed by atoms with E-state index in [0.29, 0.717) is 13.1 Å². The van der Waals surface area contributed by atoms with Gasteiger partial charge in [0.1, 0.15) is 5.41 Å². The van der Waals surface area contributed by atoms with Crippen molar-refractivity contribution in [2.24, 2.45) is 0 Å². The third kappa shape index (κ3) is 1.53. The van der Waals surface area contributed by atoms with Crippen molar-refractivity contribution in [2.75, 3.05) is 20.2 Å². The molecule has 1 aliphatic rings. The molecule has 0 bridgehead atoms. The average molecular weight is 205 g/mol. The van der Waals surface area contributed by atoms with Crippen molar-refractivity contribution in [2.45, 2.75) is 12.3 Å². The second-order valence-corrected chi connectivity index (χ2v) is 4.04. The molecule has 0 aromatic heterocycles. The molecule has 1 N–H and O–H groups in total. The van der Waals surface area contributed by atoms with Crippen LogP contribution >= 0.6 is 0 Å². The van der Waals surface area contributed by atoms with E-state index in [2.05, 4.69) is 5.32 Å². The van der Waals surface area contributed by atoms with Gasteiger partial charge in [-0.05, 0) is 12.5 Å². The maximum absolute atomic E-state index is 11.7. The van der Waals surface area contributed by atoms with Gasteiger partial charge in [-0.1, -0.05) is 29.8 Å². The zero-order valence-corrected chi connectivity index (χ0v) is 9.04. The van der Waals surface area contributed by atoms with Crippen molar-refractivity contribution in [3.63, 3.8) is 0 Å². The van der Waals surface area contributed by atoms with E-state index in [1.165, 1.54) is 12.7 Å². The van der Waals surface area contributed by atoms with Gasteiger partial charge in [0.25, 0.3) is 0 Å². The summed E-state index contributed by atoms with van der Waals surface area (Å²) in [5.74, 6) is -0.148. The van der Waals surface area contributed by atoms with Gasteiger partial charge in [-0.3, -0.25) is 4.79 Å². The van der Waals surface area contributed by atoms with Crippen LogP contribution < -0.4 is 5.32 Å². The van der Waals surface area contributed by atoms with Crippen molar-refractivity contribution in [3.8, 4) is 0 Å². The van der Waals surface area contributed by atoms with E-state index in [-0.39, 0.29) is 5.97 Å². The summed E-state index contributed by atoms with van der Waals surface area (Å²) in [6.45, 7) is 3.37. The molecule has 1 heterocycles. The zero-order chi connectivity index (χ0) is 10.9. The Morgan fingerprint density at radius 2 is 1.93 bits per heavy atom. The average Bonchev–Trinajstić information content (AvgIpc) is 2.19. The third-order valence-electron chi connectivity index (χ3n) is 3.03. The van der Waals surface area contributed by atoms with Crippen molar-refractivity contribution in [3.05, 3.63) is 35.4 Å². The predicted octanol–water partition coefficient (Wildman–Crippen LogP) is 1.01. The van der Waals surface area contributed by atoms with Crippen LogP contribution in [0.25, 0.3) is 0 Å². The molecule has 80 valence electrons. The first-order valence-corrected chi connectivity index (χ1v) is 5.05. The Morgan fingerprint density at radius 1 is 1.33 bits per heavy atom. The van der Waals surface area contributed by atoms with Gasteiger partial charge < -0.3 is 10.1 Å². The lowest BCUT2D eigenvalue weighted by Crippen LogP contribution is -2.61. The summed E-state index contributed by atoms with van der Waals surface area (Å²) in [6, 6.07) is 8.07. The van der Waals surface area contributed by atoms with Crippen molar-refractivity contribution in [1.82, 2.24) is 5.32 Å². The van der Waals surface area contributed by atoms with Crippen molar-refractivity contribution < 1.29 is 9.53 Å². The number of esters is 1. The smallest absolute Gasteiger partial charge is 0.318 e. The fraction of sp³-hybridized carbons (Fsp3) is 0.417. The second kappa shape index (κ2) is 3.66. The van der Waals surface area contributed by atoms with Crippen LogP contribution in [0.5, 0.6) is 0 Å². The number of hydrogen-bond donors (Lipinski definition) is 1. The largest absolute Gasteiger partial charge is 0.468 e. The first kappa shape index (κ1) is 10.2. The maximum Gasteiger partial charge on any atom is 0.318 e. The van der Waals surface area contributed by atoms with E-state index < -0.39 is 5.41 Å². The normalized spacial score (nSPS) is 18.0. The second-order valence-electron chi connectivity index (χ2n) is 4.04. The van der Waals surface area contributed by atoms with Crippen LogP contribution in [0.3, 0.4) is 0 Å². The van der Waals surface area contributed by atoms with Gasteiger partial charge in [0.2, 0.25) is 0 Å². The molecule has 2 rings (SSSR count). The van der Waals surface area contributed by atoms with Crippen LogP contribution in [-0.4, -0.2) is 26.2 Å². The third-order valence-corrected chi connectivity index (χ3v) is 3.03. The summed E-state index contributed by atoms with van der Waals surface area (Å²) in [4.78, 5) is 11.7. The maximum atomic E-state index is 11.7. The molecule has 15 heavy (non-hydrogen) atoms. The number of aryl methyl sites for hydroxylation is 1. The lowest BCUT2D eigenvalue weighted by Gasteiger charge is -2.40. The van der Waals surface area contributed by atoms with Gasteiger partial charge in [-0.15, -0.1) is 0 Å². The number of nitrogens with one attached hydrogen (secondary N) is 1. The molecule has 0 radical (unpaired) electrons. The van der Waals surface area contributed by atoms with Crippen molar-refractivity contribution in [1.29, 1.82) is 0 Å². The van der Waals surface area contributed by atoms with Crippen LogP contribution in [-0.2, 0) is 14.9 Å². The molecule has 1 aromatic rings. The number of hydrogen-bond acceptors (Lipinski definition) is 3. The van der Waals surface area contributed by atoms with Gasteiger partial charge in [0.05, 0.1) is 7.11 Å². The molecule has 0 saturated carbocycles. The predicted molar refractivity (Wildman–Crippen MR) is 57.7 cm³/mol. The van der Waals surface area contributed by atoms with Gasteiger partial charge in [-0.2, -0.15) is 0 Å². The summed E-state index contributed by atoms with van der Waals surface area (Å²) in [5.41, 5.74) is 1.78. The SMILES string of the molecule is COC(=O)C1(c2ccc(C)cc2)CNC1. The number of rotatable bonds is 2. The Bertz CT molecular complexity index is 366. The minimum absolute atomic E-state index is 0.148. The summed E-state index contributed by atoms with van der Waals surface area (Å²) >= 11 is 0. The summed E-state index contributed by atoms with van der Waals surface area (Å²) < 4.78 is 4.86. The molecule has 0 amide bonds. The van der Waals surface area contributed by atoms with Gasteiger partial charge >= 0.3 is 5.97 Å². The van der Waals surface area contributed by atoms with E-state index in [0.717, 1.165) is 5.56 Å². The molecule has 1 saturated heterocycles. The number of carbonyl (C=O) groups is 1. The molecule has 1 aliphatic heterocycles. The van der Waals surface area contributed by atoms with E-state index in [4.69, 9.17) is 4.74 Å². The molecule has 0 atom stereocenters. The summed E-state index contributed by atoms with van der Waals surface area (Å²) in [5, 5.41) is 3.13. The lowest BCUT2D eigenvalue weighted by molar-refractivity contribution is -0.149. The highest BCUT2D eigenvalue weighted by atomic mass is 16.5. The minimum Gasteiger partial charge on any atom is -0.468 e. The Hall–Kier alpha value is -1.35. The van der Waals surface area contributed by atoms with Crippen LogP contribution in [0, 0.1) is 6.92 Å². The van der Waals surface area contributed by atoms with E-state index in [1.807, 2.05) is 31.2 Å². The van der Waals surface area contributed by atoms with Crippen molar-refractivity contribution >= 4 is 5.97 Å². The van der Waals surface area contributed by atoms with E-state index in [1.54, 1.807) is 0 Å². The Labute approximate surface area is 89.4 Å². The topological polar surface area (TPSA) is 38.3 Å². The molecule has 1 aromatic carbocycles. The monoisotopic (exact) mass is 205 g/mol. The van der Waals surface area contributed by atoms with Gasteiger partial charge in [0, 0.05) is 13.1 Å². The van der Waals surface area contributed by atoms with E-state index >= 15 is 0 Å². The number of ether oxygens (including phenoxy) is 1. The van der Waals surface area contributed by atoms with Crippen LogP contribution in [0.15, 0.2) is 24.3 Å². The highest BCUT2D eigenvalue weighted by Crippen LogP contribution is 2.30. The summed E-state index contributed by atoms with van der Waals surface area (Å²) in [7, 11) is 1.44. The quantitative estimate of drug-likeness (QED) is 0.732. The fourth-order valence-corrected chi connectivity index (χ4v) is 1.91. The number of methoxy groups -OCH3 is 1. The molecule has 3 nitrogen and oxygen atoms in total. The van der Waals surface area contributed by atoms with Gasteiger partial charge in [-0.25, -0.2) is 0 Å². The molecule has 3 heteroatoms. The molecule has 0 unspecified atom stereocenters. The fourth-order valence-electron chi connectivity index (χ4n) is 1.91. The Balaban J connectivity index is 2.34. The van der Waals surface area contributed by atoms with Crippen LogP contribution in [0.2, 0.25) is 0 Å². The summed E-state index contributed by atoms with van der Waals surface area (Å²) in [6.07, 6.45) is 0. The highest BCUT2D eigenvalue weighted by Gasteiger charge is 2.46. The lowest BCUT2D eigenvalue weighted by atomic mass is 9.75. The van der Waals surface area contributed by atoms with Crippen LogP contribution in [0.1, 0.15) is 11.1 Å². The first-order chi connectivity index (χ1) is 7.19. The van der Waals surface area contributed by atoms with Gasteiger partial charge in [0.15, 0.2) is 0 Å². The first-order valence-electron chi connectivity index (χ1n) is 5.05. The molecular weight excluding hydrogens is 190 g/mol. The molecule has 1 fully saturated rings. The molecule has 0 spiro atoms. The Kier molecular flexibility index (Phi) is 2.49. The van der Waals surface area contributed by atoms with E-state index in [9.17, 15) is 4.79 Å². The molecular formula is C12H15NO2. The standard InChI is InChI=1S/C12H15NO2/c1-9-3-5-10(6-4-9)12(7-13-8-12)11(14)15-2/h3-6,13H,7-8H2,1-2H3. The Morgan fingerprint density at radius 3 is 2.33 bits per heavy atom. The minimum atomic E-state index is -0.456. The number of carbonyl (C=O) groups excluding carboxylic acids is 1. The number of benzene rings is 1.